The Morgan fingerprint density at radius 3 is 2.93 bits per heavy atom. The molecule has 5 heteroatoms. The van der Waals surface area contributed by atoms with Gasteiger partial charge >= 0.3 is 0 Å². The normalized spacial score (nSPS) is 10.9. The highest BCUT2D eigenvalue weighted by Crippen LogP contribution is 2.16. The number of H-pyrrole nitrogens is 1. The number of rotatable bonds is 1. The molecule has 0 aliphatic carbocycles. The standard InChI is InChI=1S/C9H7N5/c1-2-4-8-7(3-1)5-9(11-8)14-6-10-12-13-14/h1-6,11H. The van der Waals surface area contributed by atoms with Gasteiger partial charge in [0.25, 0.3) is 0 Å². The fourth-order valence-electron chi connectivity index (χ4n) is 1.45. The monoisotopic (exact) mass is 185 g/mol. The SMILES string of the molecule is c1ccc2[nH]c(-n3cnnn3)cc2c1. The van der Waals surface area contributed by atoms with Crippen molar-refractivity contribution in [3.05, 3.63) is 36.7 Å². The summed E-state index contributed by atoms with van der Waals surface area (Å²) in [6.07, 6.45) is 1.56. The molecule has 0 spiro atoms. The van der Waals surface area contributed by atoms with Crippen molar-refractivity contribution >= 4 is 10.9 Å². The van der Waals surface area contributed by atoms with Gasteiger partial charge in [-0.25, -0.2) is 0 Å². The smallest absolute Gasteiger partial charge is 0.145 e. The van der Waals surface area contributed by atoms with E-state index in [-0.39, 0.29) is 0 Å². The van der Waals surface area contributed by atoms with Crippen molar-refractivity contribution in [1.82, 2.24) is 25.2 Å². The van der Waals surface area contributed by atoms with Crippen LogP contribution in [-0.2, 0) is 0 Å². The molecule has 0 unspecified atom stereocenters. The largest absolute Gasteiger partial charge is 0.340 e. The van der Waals surface area contributed by atoms with E-state index in [4.69, 9.17) is 0 Å². The maximum atomic E-state index is 3.81. The van der Waals surface area contributed by atoms with Crippen LogP contribution in [0.4, 0.5) is 0 Å². The number of aromatic amines is 1. The van der Waals surface area contributed by atoms with Crippen molar-refractivity contribution in [2.45, 2.75) is 0 Å². The Morgan fingerprint density at radius 2 is 2.14 bits per heavy atom. The van der Waals surface area contributed by atoms with Crippen LogP contribution in [0.5, 0.6) is 0 Å². The quantitative estimate of drug-likeness (QED) is 0.618. The van der Waals surface area contributed by atoms with Crippen molar-refractivity contribution in [3.8, 4) is 5.82 Å². The van der Waals surface area contributed by atoms with Crippen LogP contribution in [-0.4, -0.2) is 25.2 Å². The van der Waals surface area contributed by atoms with Gasteiger partial charge in [0.05, 0.1) is 0 Å². The molecule has 5 nitrogen and oxygen atoms in total. The van der Waals surface area contributed by atoms with E-state index in [0.717, 1.165) is 16.7 Å². The molecule has 3 rings (SSSR count). The highest BCUT2D eigenvalue weighted by molar-refractivity contribution is 5.81. The Kier molecular flexibility index (Phi) is 1.38. The van der Waals surface area contributed by atoms with Crippen LogP contribution in [0.1, 0.15) is 0 Å². The fourth-order valence-corrected chi connectivity index (χ4v) is 1.45. The van der Waals surface area contributed by atoms with Crippen molar-refractivity contribution in [3.63, 3.8) is 0 Å². The van der Waals surface area contributed by atoms with Gasteiger partial charge in [-0.15, -0.1) is 5.10 Å². The minimum atomic E-state index is 0.871. The second-order valence-electron chi connectivity index (χ2n) is 3.00. The van der Waals surface area contributed by atoms with E-state index >= 15 is 0 Å². The molecule has 0 fully saturated rings. The molecule has 0 aliphatic heterocycles. The first-order valence-corrected chi connectivity index (χ1v) is 4.24. The number of nitrogens with zero attached hydrogens (tertiary/aromatic N) is 4. The third-order valence-corrected chi connectivity index (χ3v) is 2.11. The van der Waals surface area contributed by atoms with Crippen LogP contribution in [0.3, 0.4) is 0 Å². The number of aromatic nitrogens is 5. The summed E-state index contributed by atoms with van der Waals surface area (Å²) in [6, 6.07) is 10.1. The van der Waals surface area contributed by atoms with Crippen LogP contribution in [0, 0.1) is 0 Å². The summed E-state index contributed by atoms with van der Waals surface area (Å²) in [5, 5.41) is 12.1. The molecule has 0 saturated heterocycles. The van der Waals surface area contributed by atoms with Crippen LogP contribution >= 0.6 is 0 Å². The highest BCUT2D eigenvalue weighted by Gasteiger charge is 2.01. The molecule has 0 atom stereocenters. The number of tetrazole rings is 1. The summed E-state index contributed by atoms with van der Waals surface area (Å²) in [6.45, 7) is 0. The summed E-state index contributed by atoms with van der Waals surface area (Å²) in [7, 11) is 0. The average molecular weight is 185 g/mol. The second-order valence-corrected chi connectivity index (χ2v) is 3.00. The van der Waals surface area contributed by atoms with Crippen LogP contribution in [0.15, 0.2) is 36.7 Å². The second kappa shape index (κ2) is 2.66. The highest BCUT2D eigenvalue weighted by atomic mass is 15.5. The first-order valence-electron chi connectivity index (χ1n) is 4.24. The van der Waals surface area contributed by atoms with Gasteiger partial charge in [-0.05, 0) is 22.6 Å². The Hall–Kier alpha value is -2.17. The Morgan fingerprint density at radius 1 is 1.21 bits per heavy atom. The molecule has 0 saturated carbocycles. The average Bonchev–Trinajstić information content (AvgIpc) is 2.86. The van der Waals surface area contributed by atoms with E-state index in [1.807, 2.05) is 30.3 Å². The molecule has 68 valence electrons. The predicted octanol–water partition coefficient (Wildman–Crippen LogP) is 1.14. The Balaban J connectivity index is 2.24. The van der Waals surface area contributed by atoms with Gasteiger partial charge in [-0.3, -0.25) is 0 Å². The zero-order chi connectivity index (χ0) is 9.38. The first kappa shape index (κ1) is 7.25. The van der Waals surface area contributed by atoms with E-state index in [1.165, 1.54) is 0 Å². The number of benzene rings is 1. The van der Waals surface area contributed by atoms with Gasteiger partial charge < -0.3 is 4.98 Å². The zero-order valence-corrected chi connectivity index (χ0v) is 7.25. The number of nitrogens with one attached hydrogen (secondary N) is 1. The van der Waals surface area contributed by atoms with Gasteiger partial charge in [-0.2, -0.15) is 4.68 Å². The zero-order valence-electron chi connectivity index (χ0n) is 7.25. The molecule has 0 radical (unpaired) electrons. The summed E-state index contributed by atoms with van der Waals surface area (Å²) >= 11 is 0. The maximum absolute atomic E-state index is 3.81. The minimum Gasteiger partial charge on any atom is -0.340 e. The molecule has 0 bridgehead atoms. The third-order valence-electron chi connectivity index (χ3n) is 2.11. The summed E-state index contributed by atoms with van der Waals surface area (Å²) in [5.74, 6) is 0.871. The lowest BCUT2D eigenvalue weighted by molar-refractivity contribution is 0.777. The maximum Gasteiger partial charge on any atom is 0.145 e. The molecule has 0 amide bonds. The van der Waals surface area contributed by atoms with Gasteiger partial charge in [0.15, 0.2) is 0 Å². The molecule has 2 aromatic heterocycles. The first-order chi connectivity index (χ1) is 6.93. The van der Waals surface area contributed by atoms with Crippen molar-refractivity contribution < 1.29 is 0 Å². The van der Waals surface area contributed by atoms with Gasteiger partial charge in [0.2, 0.25) is 0 Å². The van der Waals surface area contributed by atoms with Gasteiger partial charge in [0.1, 0.15) is 12.1 Å². The lowest BCUT2D eigenvalue weighted by Crippen LogP contribution is -1.94. The van der Waals surface area contributed by atoms with E-state index in [2.05, 4.69) is 20.5 Å². The molecule has 1 aromatic carbocycles. The molecular weight excluding hydrogens is 178 g/mol. The van der Waals surface area contributed by atoms with Crippen LogP contribution in [0.2, 0.25) is 0 Å². The number of fused-ring (bicyclic) bond motifs is 1. The summed E-state index contributed by atoms with van der Waals surface area (Å²) < 4.78 is 1.60. The predicted molar refractivity (Wildman–Crippen MR) is 51.0 cm³/mol. The molecule has 1 N–H and O–H groups in total. The van der Waals surface area contributed by atoms with Crippen molar-refractivity contribution in [2.24, 2.45) is 0 Å². The van der Waals surface area contributed by atoms with Gasteiger partial charge in [0, 0.05) is 10.9 Å². The van der Waals surface area contributed by atoms with Crippen LogP contribution in [0.25, 0.3) is 16.7 Å². The summed E-state index contributed by atoms with van der Waals surface area (Å²) in [5.41, 5.74) is 1.08. The summed E-state index contributed by atoms with van der Waals surface area (Å²) in [4.78, 5) is 3.22. The van der Waals surface area contributed by atoms with Crippen molar-refractivity contribution in [2.75, 3.05) is 0 Å². The number of hydrogen-bond acceptors (Lipinski definition) is 3. The molecular formula is C9H7N5. The third kappa shape index (κ3) is 0.990. The Bertz CT molecular complexity index is 518. The Labute approximate surface area is 79.4 Å². The minimum absolute atomic E-state index is 0.871. The van der Waals surface area contributed by atoms with E-state index in [1.54, 1.807) is 11.0 Å². The fraction of sp³-hybridized carbons (Fsp3) is 0. The van der Waals surface area contributed by atoms with E-state index in [0.29, 0.717) is 0 Å². The molecule has 0 aliphatic rings. The van der Waals surface area contributed by atoms with Crippen molar-refractivity contribution in [1.29, 1.82) is 0 Å². The topological polar surface area (TPSA) is 59.4 Å². The lowest BCUT2D eigenvalue weighted by atomic mass is 10.2. The number of para-hydroxylation sites is 1. The van der Waals surface area contributed by atoms with Gasteiger partial charge in [-0.1, -0.05) is 18.2 Å². The molecule has 14 heavy (non-hydrogen) atoms. The van der Waals surface area contributed by atoms with Crippen LogP contribution < -0.4 is 0 Å². The molecule has 2 heterocycles. The number of hydrogen-bond donors (Lipinski definition) is 1. The molecule has 3 aromatic rings. The lowest BCUT2D eigenvalue weighted by Gasteiger charge is -1.90. The van der Waals surface area contributed by atoms with E-state index in [9.17, 15) is 0 Å². The van der Waals surface area contributed by atoms with E-state index < -0.39 is 0 Å².